The number of carboxylic acid groups (broad SMARTS) is 1. The van der Waals surface area contributed by atoms with Crippen LogP contribution in [0.3, 0.4) is 0 Å². The van der Waals surface area contributed by atoms with Crippen molar-refractivity contribution in [2.24, 2.45) is 0 Å². The Morgan fingerprint density at radius 3 is 2.32 bits per heavy atom. The third kappa shape index (κ3) is 4.23. The van der Waals surface area contributed by atoms with E-state index in [1.54, 1.807) is 13.0 Å². The van der Waals surface area contributed by atoms with Crippen molar-refractivity contribution >= 4 is 41.6 Å². The summed E-state index contributed by atoms with van der Waals surface area (Å²) >= 11 is 0. The zero-order chi connectivity index (χ0) is 22.7. The summed E-state index contributed by atoms with van der Waals surface area (Å²) in [6, 6.07) is 13.0. The first-order valence-electron chi connectivity index (χ1n) is 9.37. The number of carboxylic acids is 1. The van der Waals surface area contributed by atoms with Crippen molar-refractivity contribution in [2.75, 3.05) is 23.9 Å². The van der Waals surface area contributed by atoms with Gasteiger partial charge in [-0.05, 0) is 54.5 Å². The largest absolute Gasteiger partial charge is 0.478 e. The fourth-order valence-corrected chi connectivity index (χ4v) is 3.23. The Hall–Kier alpha value is -4.20. The van der Waals surface area contributed by atoms with E-state index in [1.165, 1.54) is 24.3 Å². The second kappa shape index (κ2) is 8.66. The van der Waals surface area contributed by atoms with E-state index < -0.39 is 17.8 Å². The first-order valence-corrected chi connectivity index (χ1v) is 9.37. The van der Waals surface area contributed by atoms with Gasteiger partial charge in [0.1, 0.15) is 5.70 Å². The van der Waals surface area contributed by atoms with E-state index in [1.807, 2.05) is 43.3 Å². The number of imide groups is 1. The maximum Gasteiger partial charge on any atom is 0.335 e. The molecule has 0 atom stereocenters. The minimum Gasteiger partial charge on any atom is -0.478 e. The van der Waals surface area contributed by atoms with Crippen molar-refractivity contribution in [3.63, 3.8) is 0 Å². The maximum atomic E-state index is 13.3. The molecule has 2 aromatic carbocycles. The molecule has 0 saturated heterocycles. The van der Waals surface area contributed by atoms with Gasteiger partial charge in [-0.1, -0.05) is 18.2 Å². The number of amides is 3. The molecule has 3 rings (SSSR count). The van der Waals surface area contributed by atoms with Gasteiger partial charge in [-0.15, -0.1) is 0 Å². The van der Waals surface area contributed by atoms with E-state index in [2.05, 4.69) is 5.32 Å². The molecule has 158 valence electrons. The molecular formula is C23H21N3O5. The summed E-state index contributed by atoms with van der Waals surface area (Å²) < 4.78 is 0. The molecule has 31 heavy (non-hydrogen) atoms. The smallest absolute Gasteiger partial charge is 0.335 e. The molecule has 0 bridgehead atoms. The van der Waals surface area contributed by atoms with E-state index in [4.69, 9.17) is 0 Å². The quantitative estimate of drug-likeness (QED) is 0.423. The van der Waals surface area contributed by atoms with E-state index in [0.29, 0.717) is 12.0 Å². The summed E-state index contributed by atoms with van der Waals surface area (Å²) in [5.74, 6) is -2.54. The predicted octanol–water partition coefficient (Wildman–Crippen LogP) is 2.43. The van der Waals surface area contributed by atoms with E-state index >= 15 is 0 Å². The number of hydrogen-bond acceptors (Lipinski definition) is 5. The Bertz CT molecular complexity index is 1130. The molecule has 0 spiro atoms. The molecule has 3 amide bonds. The summed E-state index contributed by atoms with van der Waals surface area (Å²) in [7, 11) is 3.83. The molecule has 1 aliphatic heterocycles. The third-order valence-electron chi connectivity index (χ3n) is 4.90. The highest BCUT2D eigenvalue weighted by Crippen LogP contribution is 2.30. The molecule has 0 unspecified atom stereocenters. The molecular weight excluding hydrogens is 398 g/mol. The highest BCUT2D eigenvalue weighted by atomic mass is 16.4. The van der Waals surface area contributed by atoms with Gasteiger partial charge in [0, 0.05) is 25.4 Å². The van der Waals surface area contributed by atoms with E-state index in [-0.39, 0.29) is 22.5 Å². The van der Waals surface area contributed by atoms with Crippen LogP contribution in [0.4, 0.5) is 11.4 Å². The molecule has 0 radical (unpaired) electrons. The second-order valence-electron chi connectivity index (χ2n) is 7.11. The number of carbonyl (C=O) groups excluding carboxylic acids is 3. The number of carbonyl (C=O) groups is 4. The van der Waals surface area contributed by atoms with Crippen LogP contribution >= 0.6 is 0 Å². The van der Waals surface area contributed by atoms with Crippen molar-refractivity contribution in [3.05, 3.63) is 76.5 Å². The van der Waals surface area contributed by atoms with Gasteiger partial charge in [-0.25, -0.2) is 9.69 Å². The number of rotatable bonds is 6. The molecule has 0 aliphatic carbocycles. The van der Waals surface area contributed by atoms with Gasteiger partial charge < -0.3 is 15.3 Å². The van der Waals surface area contributed by atoms with E-state index in [0.717, 1.165) is 16.2 Å². The van der Waals surface area contributed by atoms with Crippen molar-refractivity contribution in [2.45, 2.75) is 6.92 Å². The van der Waals surface area contributed by atoms with Crippen LogP contribution in [0.5, 0.6) is 0 Å². The third-order valence-corrected chi connectivity index (χ3v) is 4.90. The molecule has 8 nitrogen and oxygen atoms in total. The second-order valence-corrected chi connectivity index (χ2v) is 7.11. The van der Waals surface area contributed by atoms with Crippen LogP contribution in [0.1, 0.15) is 22.8 Å². The fourth-order valence-electron chi connectivity index (χ4n) is 3.23. The van der Waals surface area contributed by atoms with Gasteiger partial charge >= 0.3 is 5.97 Å². The summed E-state index contributed by atoms with van der Waals surface area (Å²) in [5.41, 5.74) is 2.22. The number of nitrogens with zero attached hydrogens (tertiary/aromatic N) is 2. The number of hydrogen-bond donors (Lipinski definition) is 2. The van der Waals surface area contributed by atoms with Crippen LogP contribution in [0.25, 0.3) is 6.08 Å². The Balaban J connectivity index is 2.13. The Morgan fingerprint density at radius 2 is 1.74 bits per heavy atom. The van der Waals surface area contributed by atoms with Gasteiger partial charge in [0.25, 0.3) is 11.8 Å². The van der Waals surface area contributed by atoms with Crippen LogP contribution in [-0.2, 0) is 14.4 Å². The van der Waals surface area contributed by atoms with Crippen LogP contribution in [-0.4, -0.2) is 43.4 Å². The molecule has 8 heteroatoms. The molecule has 2 aromatic rings. The van der Waals surface area contributed by atoms with Gasteiger partial charge in [-0.3, -0.25) is 14.4 Å². The lowest BCUT2D eigenvalue weighted by Gasteiger charge is -2.29. The fraction of sp³-hybridized carbons (Fsp3) is 0.130. The van der Waals surface area contributed by atoms with Crippen LogP contribution in [0, 0.1) is 0 Å². The Kier molecular flexibility index (Phi) is 6.01. The first-order chi connectivity index (χ1) is 14.7. The number of aromatic carboxylic acids is 1. The lowest BCUT2D eigenvalue weighted by Crippen LogP contribution is -2.46. The topological polar surface area (TPSA) is 107 Å². The molecule has 1 heterocycles. The first kappa shape index (κ1) is 21.5. The van der Waals surface area contributed by atoms with Crippen LogP contribution < -0.4 is 15.1 Å². The SMILES string of the molecule is CC1=C(NC=O)C(=O)N(c2cccc(C(=O)O)c2)C(=O)/C1=C\c1ccc(N(C)C)cc1. The lowest BCUT2D eigenvalue weighted by molar-refractivity contribution is -0.124. The van der Waals surface area contributed by atoms with Crippen LogP contribution in [0.15, 0.2) is 65.4 Å². The lowest BCUT2D eigenvalue weighted by atomic mass is 9.95. The number of benzene rings is 2. The van der Waals surface area contributed by atoms with Crippen molar-refractivity contribution in [1.29, 1.82) is 0 Å². The van der Waals surface area contributed by atoms with Crippen molar-refractivity contribution < 1.29 is 24.3 Å². The zero-order valence-corrected chi connectivity index (χ0v) is 17.2. The van der Waals surface area contributed by atoms with Crippen LogP contribution in [0.2, 0.25) is 0 Å². The monoisotopic (exact) mass is 419 g/mol. The Morgan fingerprint density at radius 1 is 1.06 bits per heavy atom. The molecule has 0 aromatic heterocycles. The van der Waals surface area contributed by atoms with Gasteiger partial charge in [0.2, 0.25) is 6.41 Å². The minimum atomic E-state index is -1.19. The van der Waals surface area contributed by atoms with E-state index in [9.17, 15) is 24.3 Å². The minimum absolute atomic E-state index is 0.0495. The normalized spacial score (nSPS) is 15.3. The summed E-state index contributed by atoms with van der Waals surface area (Å²) in [6.07, 6.45) is 1.99. The molecule has 2 N–H and O–H groups in total. The predicted molar refractivity (Wildman–Crippen MR) is 117 cm³/mol. The highest BCUT2D eigenvalue weighted by molar-refractivity contribution is 6.31. The number of anilines is 2. The maximum absolute atomic E-state index is 13.3. The van der Waals surface area contributed by atoms with Crippen molar-refractivity contribution in [3.8, 4) is 0 Å². The highest BCUT2D eigenvalue weighted by Gasteiger charge is 2.36. The average Bonchev–Trinajstić information content (AvgIpc) is 2.75. The summed E-state index contributed by atoms with van der Waals surface area (Å²) in [4.78, 5) is 51.5. The number of nitrogens with one attached hydrogen (secondary N) is 1. The van der Waals surface area contributed by atoms with Crippen molar-refractivity contribution in [1.82, 2.24) is 5.32 Å². The van der Waals surface area contributed by atoms with Gasteiger partial charge in [0.05, 0.1) is 11.3 Å². The Labute approximate surface area is 179 Å². The average molecular weight is 419 g/mol. The zero-order valence-electron chi connectivity index (χ0n) is 17.2. The standard InChI is InChI=1S/C23H21N3O5/c1-14-19(11-15-7-9-17(10-8-15)25(2)3)21(28)26(22(29)20(14)24-13-27)18-6-4-5-16(12-18)23(30)31/h4-13H,1-3H3,(H,24,27)(H,30,31)/b19-11-. The molecule has 0 saturated carbocycles. The van der Waals surface area contributed by atoms with Gasteiger partial charge in [-0.2, -0.15) is 0 Å². The summed E-state index contributed by atoms with van der Waals surface area (Å²) in [5, 5.41) is 11.6. The van der Waals surface area contributed by atoms with Gasteiger partial charge in [0.15, 0.2) is 0 Å². The molecule has 0 fully saturated rings. The molecule has 1 aliphatic rings. The summed E-state index contributed by atoms with van der Waals surface area (Å²) in [6.45, 7) is 1.58.